The molecule has 0 aromatic heterocycles. The van der Waals surface area contributed by atoms with Gasteiger partial charge >= 0.3 is 0 Å². The minimum atomic E-state index is -0.149. The zero-order chi connectivity index (χ0) is 15.0. The van der Waals surface area contributed by atoms with Crippen molar-refractivity contribution in [1.82, 2.24) is 0 Å². The van der Waals surface area contributed by atoms with E-state index in [0.29, 0.717) is 36.2 Å². The molecule has 1 amide bonds. The molecule has 0 atom stereocenters. The summed E-state index contributed by atoms with van der Waals surface area (Å²) in [5, 5.41) is 3.25. The van der Waals surface area contributed by atoms with E-state index in [0.717, 1.165) is 0 Å². The van der Waals surface area contributed by atoms with Gasteiger partial charge in [0, 0.05) is 5.02 Å². The van der Waals surface area contributed by atoms with Gasteiger partial charge in [0.05, 0.1) is 43.7 Å². The maximum absolute atomic E-state index is 11.7. The molecule has 0 radical (unpaired) electrons. The molecule has 6 heteroatoms. The van der Waals surface area contributed by atoms with Crippen LogP contribution in [-0.4, -0.2) is 31.8 Å². The summed E-state index contributed by atoms with van der Waals surface area (Å²) in [4.78, 5) is 11.7. The molecule has 0 saturated carbocycles. The second-order valence-electron chi connectivity index (χ2n) is 4.56. The Hall–Kier alpha value is -1.30. The zero-order valence-corrected chi connectivity index (χ0v) is 12.6. The van der Waals surface area contributed by atoms with Crippen molar-refractivity contribution < 1.29 is 14.3 Å². The smallest absolute Gasteiger partial charge is 0.226 e. The quantitative estimate of drug-likeness (QED) is 0.572. The molecule has 0 saturated heterocycles. The fourth-order valence-electron chi connectivity index (χ4n) is 1.47. The van der Waals surface area contributed by atoms with Crippen molar-refractivity contribution in [2.45, 2.75) is 26.4 Å². The van der Waals surface area contributed by atoms with Crippen molar-refractivity contribution >= 4 is 28.9 Å². The Morgan fingerprint density at radius 1 is 1.35 bits per heavy atom. The molecule has 3 N–H and O–H groups in total. The number of amides is 1. The van der Waals surface area contributed by atoms with Crippen LogP contribution >= 0.6 is 11.6 Å². The number of ether oxygens (including phenoxy) is 2. The third-order valence-corrected chi connectivity index (χ3v) is 2.68. The Balaban J connectivity index is 2.20. The first-order valence-corrected chi connectivity index (χ1v) is 6.91. The molecule has 0 heterocycles. The van der Waals surface area contributed by atoms with E-state index in [2.05, 4.69) is 5.32 Å². The normalized spacial score (nSPS) is 10.8. The van der Waals surface area contributed by atoms with E-state index in [9.17, 15) is 4.79 Å². The van der Waals surface area contributed by atoms with Gasteiger partial charge in [-0.05, 0) is 32.0 Å². The monoisotopic (exact) mass is 300 g/mol. The molecule has 0 spiro atoms. The predicted molar refractivity (Wildman–Crippen MR) is 81.0 cm³/mol. The zero-order valence-electron chi connectivity index (χ0n) is 11.8. The van der Waals surface area contributed by atoms with Crippen molar-refractivity contribution in [2.24, 2.45) is 0 Å². The predicted octanol–water partition coefficient (Wildman–Crippen LogP) is 2.69. The van der Waals surface area contributed by atoms with Crippen LogP contribution in [0.3, 0.4) is 0 Å². The van der Waals surface area contributed by atoms with Crippen LogP contribution in [0.5, 0.6) is 0 Å². The molecule has 1 aromatic carbocycles. The van der Waals surface area contributed by atoms with Gasteiger partial charge in [-0.1, -0.05) is 11.6 Å². The SMILES string of the molecule is CC(C)OCCOCCC(=O)Nc1ccc(Cl)cc1N. The van der Waals surface area contributed by atoms with E-state index in [-0.39, 0.29) is 18.4 Å². The largest absolute Gasteiger partial charge is 0.397 e. The number of halogens is 1. The average Bonchev–Trinajstić information content (AvgIpc) is 2.36. The Morgan fingerprint density at radius 2 is 2.10 bits per heavy atom. The molecule has 0 fully saturated rings. The number of nitrogens with two attached hydrogens (primary N) is 1. The number of carbonyl (C=O) groups excluding carboxylic acids is 1. The molecule has 112 valence electrons. The topological polar surface area (TPSA) is 73.6 Å². The highest BCUT2D eigenvalue weighted by atomic mass is 35.5. The van der Waals surface area contributed by atoms with Crippen LogP contribution in [0, 0.1) is 0 Å². The number of nitrogen functional groups attached to an aromatic ring is 1. The summed E-state index contributed by atoms with van der Waals surface area (Å²) in [5.74, 6) is -0.149. The summed E-state index contributed by atoms with van der Waals surface area (Å²) < 4.78 is 10.6. The van der Waals surface area contributed by atoms with Crippen molar-refractivity contribution in [3.8, 4) is 0 Å². The molecular weight excluding hydrogens is 280 g/mol. The number of rotatable bonds is 8. The van der Waals surface area contributed by atoms with Gasteiger partial charge < -0.3 is 20.5 Å². The Morgan fingerprint density at radius 3 is 2.75 bits per heavy atom. The molecule has 0 bridgehead atoms. The number of hydrogen-bond acceptors (Lipinski definition) is 4. The summed E-state index contributed by atoms with van der Waals surface area (Å²) in [6.45, 7) is 5.28. The molecular formula is C14H21ClN2O3. The van der Waals surface area contributed by atoms with E-state index >= 15 is 0 Å². The first-order chi connectivity index (χ1) is 9.49. The molecule has 0 aliphatic rings. The fraction of sp³-hybridized carbons (Fsp3) is 0.500. The van der Waals surface area contributed by atoms with Gasteiger partial charge in [0.15, 0.2) is 0 Å². The summed E-state index contributed by atoms with van der Waals surface area (Å²) in [5.41, 5.74) is 6.75. The molecule has 5 nitrogen and oxygen atoms in total. The lowest BCUT2D eigenvalue weighted by Crippen LogP contribution is -2.16. The molecule has 0 aliphatic heterocycles. The minimum Gasteiger partial charge on any atom is -0.397 e. The Bertz CT molecular complexity index is 438. The fourth-order valence-corrected chi connectivity index (χ4v) is 1.65. The van der Waals surface area contributed by atoms with E-state index < -0.39 is 0 Å². The Kier molecular flexibility index (Phi) is 7.36. The Labute approximate surface area is 124 Å². The van der Waals surface area contributed by atoms with Gasteiger partial charge in [-0.2, -0.15) is 0 Å². The van der Waals surface area contributed by atoms with Gasteiger partial charge in [-0.15, -0.1) is 0 Å². The third-order valence-electron chi connectivity index (χ3n) is 2.44. The third kappa shape index (κ3) is 6.75. The number of nitrogens with one attached hydrogen (secondary N) is 1. The summed E-state index contributed by atoms with van der Waals surface area (Å²) in [6.07, 6.45) is 0.457. The van der Waals surface area contributed by atoms with Crippen molar-refractivity contribution in [1.29, 1.82) is 0 Å². The van der Waals surface area contributed by atoms with Gasteiger partial charge in [-0.3, -0.25) is 4.79 Å². The van der Waals surface area contributed by atoms with Crippen LogP contribution in [0.2, 0.25) is 5.02 Å². The minimum absolute atomic E-state index is 0.149. The van der Waals surface area contributed by atoms with Gasteiger partial charge in [-0.25, -0.2) is 0 Å². The second-order valence-corrected chi connectivity index (χ2v) is 5.00. The number of carbonyl (C=O) groups is 1. The number of anilines is 2. The summed E-state index contributed by atoms with van der Waals surface area (Å²) >= 11 is 5.78. The lowest BCUT2D eigenvalue weighted by atomic mass is 10.2. The van der Waals surface area contributed by atoms with Crippen LogP contribution in [0.4, 0.5) is 11.4 Å². The molecule has 1 rings (SSSR count). The van der Waals surface area contributed by atoms with Crippen molar-refractivity contribution in [2.75, 3.05) is 30.9 Å². The number of benzene rings is 1. The first kappa shape index (κ1) is 16.8. The molecule has 1 aromatic rings. The van der Waals surface area contributed by atoms with Crippen molar-refractivity contribution in [3.05, 3.63) is 23.2 Å². The summed E-state index contributed by atoms with van der Waals surface area (Å²) in [6, 6.07) is 4.94. The van der Waals surface area contributed by atoms with Crippen LogP contribution in [-0.2, 0) is 14.3 Å². The van der Waals surface area contributed by atoms with Crippen LogP contribution < -0.4 is 11.1 Å². The summed E-state index contributed by atoms with van der Waals surface area (Å²) in [7, 11) is 0. The van der Waals surface area contributed by atoms with E-state index in [1.165, 1.54) is 0 Å². The highest BCUT2D eigenvalue weighted by Crippen LogP contribution is 2.22. The molecule has 20 heavy (non-hydrogen) atoms. The van der Waals surface area contributed by atoms with Gasteiger partial charge in [0.25, 0.3) is 0 Å². The maximum atomic E-state index is 11.7. The lowest BCUT2D eigenvalue weighted by Gasteiger charge is -2.09. The first-order valence-electron chi connectivity index (χ1n) is 6.53. The average molecular weight is 301 g/mol. The lowest BCUT2D eigenvalue weighted by molar-refractivity contribution is -0.117. The van der Waals surface area contributed by atoms with E-state index in [1.54, 1.807) is 18.2 Å². The van der Waals surface area contributed by atoms with Crippen LogP contribution in [0.15, 0.2) is 18.2 Å². The molecule has 0 aliphatic carbocycles. The highest BCUT2D eigenvalue weighted by Gasteiger charge is 2.05. The number of hydrogen-bond donors (Lipinski definition) is 2. The van der Waals surface area contributed by atoms with E-state index in [1.807, 2.05) is 13.8 Å². The second kappa shape index (κ2) is 8.79. The maximum Gasteiger partial charge on any atom is 0.226 e. The van der Waals surface area contributed by atoms with E-state index in [4.69, 9.17) is 26.8 Å². The highest BCUT2D eigenvalue weighted by molar-refractivity contribution is 6.31. The van der Waals surface area contributed by atoms with Gasteiger partial charge in [0.2, 0.25) is 5.91 Å². The van der Waals surface area contributed by atoms with Crippen LogP contribution in [0.25, 0.3) is 0 Å². The molecule has 0 unspecified atom stereocenters. The van der Waals surface area contributed by atoms with Crippen molar-refractivity contribution in [3.63, 3.8) is 0 Å². The van der Waals surface area contributed by atoms with Crippen LogP contribution in [0.1, 0.15) is 20.3 Å². The van der Waals surface area contributed by atoms with Gasteiger partial charge in [0.1, 0.15) is 0 Å². The standard InChI is InChI=1S/C14H21ClN2O3/c1-10(2)20-8-7-19-6-5-14(18)17-13-4-3-11(15)9-12(13)16/h3-4,9-10H,5-8,16H2,1-2H3,(H,17,18).